The Hall–Kier alpha value is -1.00. The first-order valence-electron chi connectivity index (χ1n) is 7.83. The van der Waals surface area contributed by atoms with Gasteiger partial charge in [-0.05, 0) is 5.56 Å². The van der Waals surface area contributed by atoms with Gasteiger partial charge in [-0.2, -0.15) is 0 Å². The van der Waals surface area contributed by atoms with Gasteiger partial charge in [0.15, 0.2) is 11.6 Å². The SMILES string of the molecule is Br.CC(C)(C)C(=O)CN(CC(=O)C(C)(C)C)Cc1ccccc1. The van der Waals surface area contributed by atoms with Gasteiger partial charge in [0.05, 0.1) is 13.1 Å². The Morgan fingerprint density at radius 1 is 0.826 bits per heavy atom. The first kappa shape index (κ1) is 22.0. The molecule has 0 atom stereocenters. The van der Waals surface area contributed by atoms with E-state index in [0.717, 1.165) is 5.56 Å². The van der Waals surface area contributed by atoms with Crippen molar-refractivity contribution in [3.05, 3.63) is 35.9 Å². The molecule has 1 aromatic carbocycles. The van der Waals surface area contributed by atoms with Gasteiger partial charge >= 0.3 is 0 Å². The Balaban J connectivity index is 0.00000484. The van der Waals surface area contributed by atoms with E-state index in [4.69, 9.17) is 0 Å². The van der Waals surface area contributed by atoms with E-state index in [2.05, 4.69) is 0 Å². The predicted molar refractivity (Wildman–Crippen MR) is 101 cm³/mol. The van der Waals surface area contributed by atoms with Crippen LogP contribution in [0, 0.1) is 10.8 Å². The Kier molecular flexibility index (Phi) is 8.36. The molecule has 0 saturated heterocycles. The van der Waals surface area contributed by atoms with Crippen molar-refractivity contribution in [3.63, 3.8) is 0 Å². The fraction of sp³-hybridized carbons (Fsp3) is 0.579. The number of hydrogen-bond donors (Lipinski definition) is 0. The summed E-state index contributed by atoms with van der Waals surface area (Å²) in [5.74, 6) is 0.315. The molecule has 0 unspecified atom stereocenters. The standard InChI is InChI=1S/C19H29NO2.BrH/c1-18(2,3)16(21)13-20(14-17(22)19(4,5)6)12-15-10-8-7-9-11-15;/h7-11H,12-14H2,1-6H3;1H. The third-order valence-corrected chi connectivity index (χ3v) is 3.66. The molecule has 0 N–H and O–H groups in total. The lowest BCUT2D eigenvalue weighted by Crippen LogP contribution is -2.41. The number of halogens is 1. The van der Waals surface area contributed by atoms with E-state index in [0.29, 0.717) is 19.6 Å². The quantitative estimate of drug-likeness (QED) is 0.734. The van der Waals surface area contributed by atoms with Crippen molar-refractivity contribution >= 4 is 28.5 Å². The number of benzene rings is 1. The maximum atomic E-state index is 12.3. The highest BCUT2D eigenvalue weighted by molar-refractivity contribution is 8.93. The lowest BCUT2D eigenvalue weighted by Gasteiger charge is -2.28. The van der Waals surface area contributed by atoms with Crippen LogP contribution in [0.1, 0.15) is 47.1 Å². The van der Waals surface area contributed by atoms with Gasteiger partial charge in [0.25, 0.3) is 0 Å². The van der Waals surface area contributed by atoms with Gasteiger partial charge in [0.2, 0.25) is 0 Å². The highest BCUT2D eigenvalue weighted by Gasteiger charge is 2.27. The van der Waals surface area contributed by atoms with E-state index in [1.165, 1.54) is 0 Å². The van der Waals surface area contributed by atoms with Crippen LogP contribution in [-0.4, -0.2) is 29.6 Å². The first-order chi connectivity index (χ1) is 10.00. The van der Waals surface area contributed by atoms with Crippen molar-refractivity contribution in [2.24, 2.45) is 10.8 Å². The van der Waals surface area contributed by atoms with E-state index in [9.17, 15) is 9.59 Å². The minimum atomic E-state index is -0.389. The van der Waals surface area contributed by atoms with Crippen LogP contribution in [0.25, 0.3) is 0 Å². The summed E-state index contributed by atoms with van der Waals surface area (Å²) < 4.78 is 0. The van der Waals surface area contributed by atoms with E-state index >= 15 is 0 Å². The van der Waals surface area contributed by atoms with Crippen LogP contribution in [0.5, 0.6) is 0 Å². The van der Waals surface area contributed by atoms with Crippen LogP contribution < -0.4 is 0 Å². The molecule has 23 heavy (non-hydrogen) atoms. The summed E-state index contributed by atoms with van der Waals surface area (Å²) in [5.41, 5.74) is 0.338. The molecular formula is C19H30BrNO2. The van der Waals surface area contributed by atoms with Crippen molar-refractivity contribution in [1.82, 2.24) is 4.90 Å². The van der Waals surface area contributed by atoms with E-state index in [1.807, 2.05) is 76.8 Å². The summed E-state index contributed by atoms with van der Waals surface area (Å²) in [6, 6.07) is 9.97. The molecule has 130 valence electrons. The van der Waals surface area contributed by atoms with Crippen LogP contribution in [0.3, 0.4) is 0 Å². The molecule has 0 aliphatic carbocycles. The van der Waals surface area contributed by atoms with Crippen molar-refractivity contribution < 1.29 is 9.59 Å². The van der Waals surface area contributed by atoms with Crippen LogP contribution in [0.15, 0.2) is 30.3 Å². The predicted octanol–water partition coefficient (Wildman–Crippen LogP) is 4.30. The molecule has 4 heteroatoms. The zero-order valence-electron chi connectivity index (χ0n) is 15.2. The number of nitrogens with zero attached hydrogens (tertiary/aromatic N) is 1. The number of carbonyl (C=O) groups is 2. The largest absolute Gasteiger partial charge is 0.298 e. The van der Waals surface area contributed by atoms with Gasteiger partial charge in [0.1, 0.15) is 0 Å². The topological polar surface area (TPSA) is 37.4 Å². The molecule has 3 nitrogen and oxygen atoms in total. The maximum absolute atomic E-state index is 12.3. The van der Waals surface area contributed by atoms with Gasteiger partial charge in [-0.3, -0.25) is 14.5 Å². The average molecular weight is 384 g/mol. The molecule has 0 saturated carbocycles. The molecule has 1 aromatic rings. The molecule has 0 bridgehead atoms. The third kappa shape index (κ3) is 7.89. The Labute approximate surface area is 151 Å². The molecular weight excluding hydrogens is 354 g/mol. The van der Waals surface area contributed by atoms with Crippen LogP contribution in [-0.2, 0) is 16.1 Å². The number of carbonyl (C=O) groups excluding carboxylic acids is 2. The molecule has 0 amide bonds. The fourth-order valence-corrected chi connectivity index (χ4v) is 1.89. The zero-order valence-corrected chi connectivity index (χ0v) is 16.9. The summed E-state index contributed by atoms with van der Waals surface area (Å²) in [7, 11) is 0. The minimum Gasteiger partial charge on any atom is -0.298 e. The molecule has 0 aromatic heterocycles. The Bertz CT molecular complexity index is 484. The maximum Gasteiger partial charge on any atom is 0.152 e. The zero-order chi connectivity index (χ0) is 17.0. The van der Waals surface area contributed by atoms with E-state index in [1.54, 1.807) is 0 Å². The van der Waals surface area contributed by atoms with Gasteiger partial charge < -0.3 is 0 Å². The molecule has 0 spiro atoms. The summed E-state index contributed by atoms with van der Waals surface area (Å²) in [6.07, 6.45) is 0. The normalized spacial score (nSPS) is 12.0. The van der Waals surface area contributed by atoms with Gasteiger partial charge in [-0.15, -0.1) is 17.0 Å². The molecule has 0 aliphatic heterocycles. The van der Waals surface area contributed by atoms with Crippen molar-refractivity contribution in [2.45, 2.75) is 48.1 Å². The minimum absolute atomic E-state index is 0. The van der Waals surface area contributed by atoms with Crippen LogP contribution >= 0.6 is 17.0 Å². The average Bonchev–Trinajstić information content (AvgIpc) is 2.37. The second-order valence-corrected chi connectivity index (χ2v) is 7.98. The second-order valence-electron chi connectivity index (χ2n) is 7.98. The van der Waals surface area contributed by atoms with Crippen LogP contribution in [0.2, 0.25) is 0 Å². The number of hydrogen-bond acceptors (Lipinski definition) is 3. The summed E-state index contributed by atoms with van der Waals surface area (Å²) in [6.45, 7) is 12.7. The highest BCUT2D eigenvalue weighted by atomic mass is 79.9. The van der Waals surface area contributed by atoms with Gasteiger partial charge in [-0.25, -0.2) is 0 Å². The first-order valence-corrected chi connectivity index (χ1v) is 7.83. The smallest absolute Gasteiger partial charge is 0.152 e. The number of ketones is 2. The van der Waals surface area contributed by atoms with Gasteiger partial charge in [-0.1, -0.05) is 71.9 Å². The van der Waals surface area contributed by atoms with E-state index in [-0.39, 0.29) is 39.4 Å². The summed E-state index contributed by atoms with van der Waals surface area (Å²) >= 11 is 0. The molecule has 1 rings (SSSR count). The van der Waals surface area contributed by atoms with Crippen LogP contribution in [0.4, 0.5) is 0 Å². The Morgan fingerprint density at radius 2 is 1.22 bits per heavy atom. The number of Topliss-reactive ketones (excluding diaryl/α,β-unsaturated/α-hetero) is 2. The van der Waals surface area contributed by atoms with Crippen molar-refractivity contribution in [3.8, 4) is 0 Å². The van der Waals surface area contributed by atoms with Crippen molar-refractivity contribution in [2.75, 3.05) is 13.1 Å². The lowest BCUT2D eigenvalue weighted by atomic mass is 9.89. The summed E-state index contributed by atoms with van der Waals surface area (Å²) in [5, 5.41) is 0. The fourth-order valence-electron chi connectivity index (χ4n) is 1.89. The molecule has 0 aliphatic rings. The molecule has 0 heterocycles. The van der Waals surface area contributed by atoms with Gasteiger partial charge in [0, 0.05) is 17.4 Å². The Morgan fingerprint density at radius 3 is 1.57 bits per heavy atom. The monoisotopic (exact) mass is 383 g/mol. The van der Waals surface area contributed by atoms with Crippen molar-refractivity contribution in [1.29, 1.82) is 0 Å². The lowest BCUT2D eigenvalue weighted by molar-refractivity contribution is -0.131. The number of rotatable bonds is 6. The third-order valence-electron chi connectivity index (χ3n) is 3.66. The highest BCUT2D eigenvalue weighted by Crippen LogP contribution is 2.19. The van der Waals surface area contributed by atoms with E-state index < -0.39 is 0 Å². The second kappa shape index (κ2) is 8.74. The molecule has 0 fully saturated rings. The molecule has 0 radical (unpaired) electrons. The summed E-state index contributed by atoms with van der Waals surface area (Å²) in [4.78, 5) is 26.6.